The molecule has 7 nitrogen and oxygen atoms in total. The van der Waals surface area contributed by atoms with E-state index >= 15 is 0 Å². The fourth-order valence-electron chi connectivity index (χ4n) is 3.81. The van der Waals surface area contributed by atoms with E-state index < -0.39 is 0 Å². The lowest BCUT2D eigenvalue weighted by molar-refractivity contribution is 0.0383. The molecule has 0 bridgehead atoms. The summed E-state index contributed by atoms with van der Waals surface area (Å²) in [5.74, 6) is 0.500. The second-order valence-corrected chi connectivity index (χ2v) is 7.47. The minimum Gasteiger partial charge on any atom is -0.497 e. The molecule has 0 unspecified atom stereocenters. The molecule has 7 heteroatoms. The van der Waals surface area contributed by atoms with Gasteiger partial charge in [-0.25, -0.2) is 0 Å². The Labute approximate surface area is 177 Å². The Morgan fingerprint density at radius 3 is 2.53 bits per heavy atom. The number of nitrogens with one attached hydrogen (secondary N) is 1. The average Bonchev–Trinajstić information content (AvgIpc) is 2.76. The molecule has 1 amide bonds. The fourth-order valence-corrected chi connectivity index (χ4v) is 3.81. The standard InChI is InChI=1S/C23H31N3O4/c1-4-20-22(23(28)24-9-10-25-11-13-30-14-12-25)21(27)15-17(2)26(20)16-18-5-7-19(29-3)8-6-18/h5-8,15H,4,9-14,16H2,1-3H3,(H,24,28). The molecule has 30 heavy (non-hydrogen) atoms. The summed E-state index contributed by atoms with van der Waals surface area (Å²) >= 11 is 0. The van der Waals surface area contributed by atoms with Gasteiger partial charge in [-0.3, -0.25) is 14.5 Å². The zero-order valence-electron chi connectivity index (χ0n) is 18.1. The Bertz CT molecular complexity index is 915. The number of nitrogens with zero attached hydrogens (tertiary/aromatic N) is 2. The molecule has 2 heterocycles. The van der Waals surface area contributed by atoms with Gasteiger partial charge in [0.05, 0.1) is 20.3 Å². The molecule has 0 spiro atoms. The molecule has 1 aliphatic rings. The van der Waals surface area contributed by atoms with Crippen LogP contribution in [0.3, 0.4) is 0 Å². The highest BCUT2D eigenvalue weighted by Crippen LogP contribution is 2.16. The normalized spacial score (nSPS) is 14.5. The largest absolute Gasteiger partial charge is 0.497 e. The first kappa shape index (κ1) is 22.1. The van der Waals surface area contributed by atoms with Crippen LogP contribution in [0.5, 0.6) is 5.75 Å². The van der Waals surface area contributed by atoms with E-state index in [9.17, 15) is 9.59 Å². The maximum atomic E-state index is 12.9. The van der Waals surface area contributed by atoms with E-state index in [0.29, 0.717) is 19.5 Å². The first-order valence-corrected chi connectivity index (χ1v) is 10.5. The van der Waals surface area contributed by atoms with Crippen LogP contribution in [0, 0.1) is 6.92 Å². The number of benzene rings is 1. The lowest BCUT2D eigenvalue weighted by atomic mass is 10.1. The summed E-state index contributed by atoms with van der Waals surface area (Å²) in [6.07, 6.45) is 0.597. The van der Waals surface area contributed by atoms with Crippen molar-refractivity contribution in [3.05, 3.63) is 63.1 Å². The third-order valence-corrected chi connectivity index (χ3v) is 5.51. The lowest BCUT2D eigenvalue weighted by Gasteiger charge is -2.26. The van der Waals surface area contributed by atoms with Crippen molar-refractivity contribution in [3.63, 3.8) is 0 Å². The molecule has 0 radical (unpaired) electrons. The summed E-state index contributed by atoms with van der Waals surface area (Å²) in [7, 11) is 1.64. The zero-order chi connectivity index (χ0) is 21.5. The number of morpholine rings is 1. The van der Waals surface area contributed by atoms with E-state index in [1.807, 2.05) is 38.1 Å². The first-order valence-electron chi connectivity index (χ1n) is 10.5. The third kappa shape index (κ3) is 5.29. The lowest BCUT2D eigenvalue weighted by Crippen LogP contribution is -2.42. The van der Waals surface area contributed by atoms with Crippen molar-refractivity contribution in [1.29, 1.82) is 0 Å². The number of aromatic nitrogens is 1. The number of rotatable bonds is 8. The highest BCUT2D eigenvalue weighted by atomic mass is 16.5. The highest BCUT2D eigenvalue weighted by molar-refractivity contribution is 5.95. The minimum absolute atomic E-state index is 0.223. The Morgan fingerprint density at radius 1 is 1.20 bits per heavy atom. The molecule has 1 N–H and O–H groups in total. The van der Waals surface area contributed by atoms with Gasteiger partial charge in [0.2, 0.25) is 0 Å². The third-order valence-electron chi connectivity index (χ3n) is 5.51. The smallest absolute Gasteiger partial charge is 0.257 e. The zero-order valence-corrected chi connectivity index (χ0v) is 18.1. The molecule has 0 saturated carbocycles. The van der Waals surface area contributed by atoms with Gasteiger partial charge in [-0.2, -0.15) is 0 Å². The summed E-state index contributed by atoms with van der Waals surface area (Å²) in [6.45, 7) is 8.92. The van der Waals surface area contributed by atoms with E-state index in [1.165, 1.54) is 0 Å². The summed E-state index contributed by atoms with van der Waals surface area (Å²) in [6, 6.07) is 9.38. The van der Waals surface area contributed by atoms with Crippen LogP contribution in [0.25, 0.3) is 0 Å². The van der Waals surface area contributed by atoms with Gasteiger partial charge in [0.25, 0.3) is 5.91 Å². The number of carbonyl (C=O) groups is 1. The first-order chi connectivity index (χ1) is 14.5. The predicted octanol–water partition coefficient (Wildman–Crippen LogP) is 1.84. The number of carbonyl (C=O) groups excluding carboxylic acids is 1. The van der Waals surface area contributed by atoms with E-state index in [0.717, 1.165) is 55.5 Å². The van der Waals surface area contributed by atoms with Gasteiger partial charge in [-0.05, 0) is 31.0 Å². The van der Waals surface area contributed by atoms with Gasteiger partial charge in [0.1, 0.15) is 11.3 Å². The number of hydrogen-bond donors (Lipinski definition) is 1. The maximum Gasteiger partial charge on any atom is 0.257 e. The highest BCUT2D eigenvalue weighted by Gasteiger charge is 2.19. The quantitative estimate of drug-likeness (QED) is 0.715. The van der Waals surface area contributed by atoms with Gasteiger partial charge >= 0.3 is 0 Å². The van der Waals surface area contributed by atoms with Gasteiger partial charge in [0, 0.05) is 50.2 Å². The molecule has 162 valence electrons. The molecule has 1 aromatic carbocycles. The van der Waals surface area contributed by atoms with Crippen molar-refractivity contribution >= 4 is 5.91 Å². The number of ether oxygens (including phenoxy) is 2. The average molecular weight is 414 g/mol. The van der Waals surface area contributed by atoms with Gasteiger partial charge in [-0.1, -0.05) is 19.1 Å². The predicted molar refractivity (Wildman–Crippen MR) is 117 cm³/mol. The van der Waals surface area contributed by atoms with Gasteiger partial charge < -0.3 is 19.4 Å². The van der Waals surface area contributed by atoms with Crippen molar-refractivity contribution in [3.8, 4) is 5.75 Å². The topological polar surface area (TPSA) is 72.8 Å². The molecule has 0 atom stereocenters. The molecule has 1 aliphatic heterocycles. The Balaban J connectivity index is 1.78. The SMILES string of the molecule is CCc1c(C(=O)NCCN2CCOCC2)c(=O)cc(C)n1Cc1ccc(OC)cc1. The maximum absolute atomic E-state index is 12.9. The van der Waals surface area contributed by atoms with E-state index in [4.69, 9.17) is 9.47 Å². The van der Waals surface area contributed by atoms with Gasteiger partial charge in [-0.15, -0.1) is 0 Å². The van der Waals surface area contributed by atoms with Crippen LogP contribution in [0.1, 0.15) is 34.2 Å². The van der Waals surface area contributed by atoms with Gasteiger partial charge in [0.15, 0.2) is 5.43 Å². The fraction of sp³-hybridized carbons (Fsp3) is 0.478. The number of pyridine rings is 1. The molecule has 3 rings (SSSR count). The van der Waals surface area contributed by atoms with Crippen LogP contribution in [0.15, 0.2) is 35.1 Å². The Morgan fingerprint density at radius 2 is 1.90 bits per heavy atom. The van der Waals surface area contributed by atoms with Crippen LogP contribution in [-0.2, 0) is 17.7 Å². The second-order valence-electron chi connectivity index (χ2n) is 7.47. The monoisotopic (exact) mass is 413 g/mol. The van der Waals surface area contributed by atoms with Crippen LogP contribution < -0.4 is 15.5 Å². The number of amides is 1. The molecule has 2 aromatic rings. The second kappa shape index (κ2) is 10.4. The molecular formula is C23H31N3O4. The number of aryl methyl sites for hydroxylation is 1. The summed E-state index contributed by atoms with van der Waals surface area (Å²) in [5.41, 5.74) is 2.71. The minimum atomic E-state index is -0.298. The van der Waals surface area contributed by atoms with E-state index in [-0.39, 0.29) is 16.9 Å². The van der Waals surface area contributed by atoms with Crippen LogP contribution in [0.2, 0.25) is 0 Å². The van der Waals surface area contributed by atoms with Crippen LogP contribution >= 0.6 is 0 Å². The van der Waals surface area contributed by atoms with Crippen molar-refractivity contribution in [1.82, 2.24) is 14.8 Å². The summed E-state index contributed by atoms with van der Waals surface area (Å²) < 4.78 is 12.6. The van der Waals surface area contributed by atoms with Crippen molar-refractivity contribution in [2.24, 2.45) is 0 Å². The van der Waals surface area contributed by atoms with E-state index in [1.54, 1.807) is 13.2 Å². The van der Waals surface area contributed by atoms with Crippen molar-refractivity contribution in [2.45, 2.75) is 26.8 Å². The van der Waals surface area contributed by atoms with Crippen LogP contribution in [0.4, 0.5) is 0 Å². The van der Waals surface area contributed by atoms with Crippen molar-refractivity contribution in [2.75, 3.05) is 46.5 Å². The molecule has 1 aromatic heterocycles. The van der Waals surface area contributed by atoms with E-state index in [2.05, 4.69) is 14.8 Å². The Kier molecular flexibility index (Phi) is 7.65. The number of hydrogen-bond acceptors (Lipinski definition) is 5. The molecule has 1 saturated heterocycles. The molecule has 1 fully saturated rings. The Hall–Kier alpha value is -2.64. The summed E-state index contributed by atoms with van der Waals surface area (Å²) in [5, 5.41) is 2.94. The number of methoxy groups -OCH3 is 1. The summed E-state index contributed by atoms with van der Waals surface area (Å²) in [4.78, 5) is 27.9. The van der Waals surface area contributed by atoms with Crippen LogP contribution in [-0.4, -0.2) is 61.9 Å². The molecular weight excluding hydrogens is 382 g/mol. The van der Waals surface area contributed by atoms with Crippen molar-refractivity contribution < 1.29 is 14.3 Å². The molecule has 0 aliphatic carbocycles.